The molecule has 0 unspecified atom stereocenters. The van der Waals surface area contributed by atoms with E-state index in [4.69, 9.17) is 0 Å². The van der Waals surface area contributed by atoms with Gasteiger partial charge < -0.3 is 5.32 Å². The summed E-state index contributed by atoms with van der Waals surface area (Å²) in [6, 6.07) is 0. The molecule has 0 fully saturated rings. The van der Waals surface area contributed by atoms with E-state index >= 15 is 0 Å². The van der Waals surface area contributed by atoms with E-state index in [-0.39, 0.29) is 5.91 Å². The van der Waals surface area contributed by atoms with Gasteiger partial charge in [0.2, 0.25) is 5.91 Å². The number of tetrazole rings is 1. The number of anilines is 1. The minimum absolute atomic E-state index is 0.0824. The first-order valence-corrected chi connectivity index (χ1v) is 5.59. The average Bonchev–Trinajstić information content (AvgIpc) is 2.88. The number of rotatable bonds is 4. The second-order valence-corrected chi connectivity index (χ2v) is 4.01. The lowest BCUT2D eigenvalue weighted by Gasteiger charge is -2.04. The number of amides is 1. The number of aryl methyl sites for hydroxylation is 3. The van der Waals surface area contributed by atoms with E-state index in [9.17, 15) is 4.79 Å². The molecule has 2 heterocycles. The summed E-state index contributed by atoms with van der Waals surface area (Å²) in [4.78, 5) is 11.8. The molecule has 8 nitrogen and oxygen atoms in total. The Morgan fingerprint density at radius 2 is 2.22 bits per heavy atom. The smallest absolute Gasteiger partial charge is 0.226 e. The molecule has 0 aliphatic rings. The summed E-state index contributed by atoms with van der Waals surface area (Å²) in [6.45, 7) is 4.15. The fraction of sp³-hybridized carbons (Fsp3) is 0.500. The zero-order chi connectivity index (χ0) is 13.1. The molecule has 0 spiro atoms. The zero-order valence-electron chi connectivity index (χ0n) is 10.6. The van der Waals surface area contributed by atoms with Crippen molar-refractivity contribution in [3.63, 3.8) is 0 Å². The molecule has 2 aromatic rings. The van der Waals surface area contributed by atoms with Crippen molar-refractivity contribution >= 4 is 11.6 Å². The van der Waals surface area contributed by atoms with Crippen molar-refractivity contribution < 1.29 is 4.79 Å². The molecule has 0 saturated heterocycles. The van der Waals surface area contributed by atoms with Crippen molar-refractivity contribution in [2.45, 2.75) is 26.8 Å². The van der Waals surface area contributed by atoms with Crippen molar-refractivity contribution in [1.29, 1.82) is 0 Å². The first-order chi connectivity index (χ1) is 8.58. The van der Waals surface area contributed by atoms with Gasteiger partial charge in [0.05, 0.1) is 24.1 Å². The number of nitrogens with one attached hydrogen (secondary N) is 1. The van der Waals surface area contributed by atoms with E-state index in [1.54, 1.807) is 22.5 Å². The summed E-state index contributed by atoms with van der Waals surface area (Å²) in [6.07, 6.45) is 1.95. The van der Waals surface area contributed by atoms with Crippen molar-refractivity contribution in [3.8, 4) is 0 Å². The number of hydrogen-bond acceptors (Lipinski definition) is 5. The van der Waals surface area contributed by atoms with Crippen LogP contribution in [-0.2, 0) is 18.4 Å². The van der Waals surface area contributed by atoms with Gasteiger partial charge in [-0.1, -0.05) is 0 Å². The lowest BCUT2D eigenvalue weighted by atomic mass is 10.3. The molecule has 0 aromatic carbocycles. The standard InChI is InChI=1S/C10H15N7O/c1-7-9(6-11-16(7)3)12-10(18)4-5-17-8(2)13-14-15-17/h6H,4-5H2,1-3H3,(H,12,18). The van der Waals surface area contributed by atoms with E-state index < -0.39 is 0 Å². The van der Waals surface area contributed by atoms with Crippen LogP contribution < -0.4 is 5.32 Å². The normalized spacial score (nSPS) is 10.6. The fourth-order valence-electron chi connectivity index (χ4n) is 1.50. The molecule has 0 bridgehead atoms. The highest BCUT2D eigenvalue weighted by Crippen LogP contribution is 2.12. The van der Waals surface area contributed by atoms with Crippen LogP contribution in [0.4, 0.5) is 5.69 Å². The molecule has 0 radical (unpaired) electrons. The molecule has 2 rings (SSSR count). The number of aromatic nitrogens is 6. The van der Waals surface area contributed by atoms with Crippen molar-refractivity contribution in [1.82, 2.24) is 30.0 Å². The maximum absolute atomic E-state index is 11.8. The number of carbonyl (C=O) groups excluding carboxylic acids is 1. The number of carbonyl (C=O) groups is 1. The summed E-state index contributed by atoms with van der Waals surface area (Å²) in [5.74, 6) is 0.612. The van der Waals surface area contributed by atoms with Crippen LogP contribution >= 0.6 is 0 Å². The maximum atomic E-state index is 11.8. The first-order valence-electron chi connectivity index (χ1n) is 5.59. The predicted molar refractivity (Wildman–Crippen MR) is 63.7 cm³/mol. The van der Waals surface area contributed by atoms with Gasteiger partial charge >= 0.3 is 0 Å². The van der Waals surface area contributed by atoms with Gasteiger partial charge in [-0.25, -0.2) is 4.68 Å². The lowest BCUT2D eigenvalue weighted by molar-refractivity contribution is -0.116. The van der Waals surface area contributed by atoms with Crippen LogP contribution in [0.25, 0.3) is 0 Å². The topological polar surface area (TPSA) is 90.5 Å². The molecule has 96 valence electrons. The lowest BCUT2D eigenvalue weighted by Crippen LogP contribution is -2.16. The van der Waals surface area contributed by atoms with Gasteiger partial charge in [-0.2, -0.15) is 5.10 Å². The fourth-order valence-corrected chi connectivity index (χ4v) is 1.50. The third-order valence-corrected chi connectivity index (χ3v) is 2.77. The van der Waals surface area contributed by atoms with Gasteiger partial charge in [0.25, 0.3) is 0 Å². The molecule has 0 aliphatic carbocycles. The van der Waals surface area contributed by atoms with Gasteiger partial charge in [0, 0.05) is 13.5 Å². The molecule has 0 saturated carbocycles. The second kappa shape index (κ2) is 4.94. The van der Waals surface area contributed by atoms with Gasteiger partial charge in [-0.3, -0.25) is 9.48 Å². The average molecular weight is 249 g/mol. The Bertz CT molecular complexity index is 556. The van der Waals surface area contributed by atoms with Crippen LogP contribution in [0.1, 0.15) is 17.9 Å². The van der Waals surface area contributed by atoms with Crippen LogP contribution in [-0.4, -0.2) is 35.9 Å². The third kappa shape index (κ3) is 2.53. The van der Waals surface area contributed by atoms with Crippen LogP contribution in [0.3, 0.4) is 0 Å². The number of nitrogens with zero attached hydrogens (tertiary/aromatic N) is 6. The monoisotopic (exact) mass is 249 g/mol. The Labute approximate surface area is 104 Å². The van der Waals surface area contributed by atoms with E-state index in [0.717, 1.165) is 11.4 Å². The molecule has 2 aromatic heterocycles. The Balaban J connectivity index is 1.90. The quantitative estimate of drug-likeness (QED) is 0.827. The molecular weight excluding hydrogens is 234 g/mol. The summed E-state index contributed by atoms with van der Waals surface area (Å²) in [5, 5.41) is 17.9. The van der Waals surface area contributed by atoms with Crippen LogP contribution in [0.15, 0.2) is 6.20 Å². The molecular formula is C10H15N7O. The molecule has 8 heteroatoms. The highest BCUT2D eigenvalue weighted by molar-refractivity contribution is 5.91. The largest absolute Gasteiger partial charge is 0.323 e. The Hall–Kier alpha value is -2.25. The van der Waals surface area contributed by atoms with E-state index in [0.29, 0.717) is 18.8 Å². The van der Waals surface area contributed by atoms with Crippen molar-refractivity contribution in [2.24, 2.45) is 7.05 Å². The highest BCUT2D eigenvalue weighted by Gasteiger charge is 2.09. The second-order valence-electron chi connectivity index (χ2n) is 4.01. The van der Waals surface area contributed by atoms with Crippen LogP contribution in [0, 0.1) is 13.8 Å². The third-order valence-electron chi connectivity index (χ3n) is 2.77. The maximum Gasteiger partial charge on any atom is 0.226 e. The Kier molecular flexibility index (Phi) is 3.35. The molecule has 18 heavy (non-hydrogen) atoms. The van der Waals surface area contributed by atoms with Gasteiger partial charge in [0.1, 0.15) is 5.82 Å². The van der Waals surface area contributed by atoms with Gasteiger partial charge in [0.15, 0.2) is 0 Å². The zero-order valence-corrected chi connectivity index (χ0v) is 10.6. The Morgan fingerprint density at radius 1 is 1.44 bits per heavy atom. The summed E-state index contributed by atoms with van der Waals surface area (Å²) in [7, 11) is 1.83. The van der Waals surface area contributed by atoms with Gasteiger partial charge in [-0.05, 0) is 24.3 Å². The highest BCUT2D eigenvalue weighted by atomic mass is 16.1. The van der Waals surface area contributed by atoms with E-state index in [1.165, 1.54) is 0 Å². The van der Waals surface area contributed by atoms with E-state index in [2.05, 4.69) is 25.9 Å². The first kappa shape index (κ1) is 12.2. The minimum Gasteiger partial charge on any atom is -0.323 e. The van der Waals surface area contributed by atoms with Gasteiger partial charge in [-0.15, -0.1) is 5.10 Å². The Morgan fingerprint density at radius 3 is 2.78 bits per heavy atom. The number of hydrogen-bond donors (Lipinski definition) is 1. The SMILES string of the molecule is Cc1c(NC(=O)CCn2nnnc2C)cnn1C. The predicted octanol–water partition coefficient (Wildman–Crippen LogP) is 0.0522. The molecule has 0 aliphatic heterocycles. The van der Waals surface area contributed by atoms with Crippen LogP contribution in [0.2, 0.25) is 0 Å². The molecule has 0 atom stereocenters. The molecule has 1 amide bonds. The molecule has 1 N–H and O–H groups in total. The summed E-state index contributed by atoms with van der Waals surface area (Å²) in [5.41, 5.74) is 1.65. The van der Waals surface area contributed by atoms with Crippen molar-refractivity contribution in [2.75, 3.05) is 5.32 Å². The summed E-state index contributed by atoms with van der Waals surface area (Å²) >= 11 is 0. The minimum atomic E-state index is -0.0824. The van der Waals surface area contributed by atoms with Crippen molar-refractivity contribution in [3.05, 3.63) is 17.7 Å². The van der Waals surface area contributed by atoms with E-state index in [1.807, 2.05) is 14.0 Å². The van der Waals surface area contributed by atoms with Crippen LogP contribution in [0.5, 0.6) is 0 Å². The summed E-state index contributed by atoms with van der Waals surface area (Å²) < 4.78 is 3.30.